The Morgan fingerprint density at radius 1 is 0.738 bits per heavy atom. The molecule has 16 heteroatoms. The van der Waals surface area contributed by atoms with Gasteiger partial charge in [0.15, 0.2) is 0 Å². The van der Waals surface area contributed by atoms with Crippen LogP contribution in [0.4, 0.5) is 9.59 Å². The minimum Gasteiger partial charge on any atom is -0.453 e. The number of nitrogens with one attached hydrogen (secondary N) is 4. The number of amides is 4. The van der Waals surface area contributed by atoms with Crippen LogP contribution in [0.5, 0.6) is 0 Å². The normalized spacial score (nSPS) is 20.8. The van der Waals surface area contributed by atoms with Gasteiger partial charge in [0.1, 0.15) is 23.7 Å². The smallest absolute Gasteiger partial charge is 0.407 e. The molecular weight excluding hydrogens is 781 g/mol. The van der Waals surface area contributed by atoms with Gasteiger partial charge in [0.2, 0.25) is 11.8 Å². The Morgan fingerprint density at radius 3 is 1.75 bits per heavy atom. The molecule has 16 nitrogen and oxygen atoms in total. The van der Waals surface area contributed by atoms with E-state index in [1.807, 2.05) is 56.9 Å². The summed E-state index contributed by atoms with van der Waals surface area (Å²) in [5.41, 5.74) is 5.64. The highest BCUT2D eigenvalue weighted by Gasteiger charge is 2.44. The minimum atomic E-state index is -0.903. The number of H-pyrrole nitrogens is 2. The van der Waals surface area contributed by atoms with E-state index in [4.69, 9.17) is 28.9 Å². The molecule has 8 atom stereocenters. The molecular formula is C45H60N8O8. The lowest BCUT2D eigenvalue weighted by Crippen LogP contribution is -2.55. The Balaban J connectivity index is 1.15. The van der Waals surface area contributed by atoms with Crippen molar-refractivity contribution in [2.24, 2.45) is 11.8 Å². The number of nitrogens with zero attached hydrogens (tertiary/aromatic N) is 4. The van der Waals surface area contributed by atoms with Gasteiger partial charge < -0.3 is 49.3 Å². The topological polar surface area (TPSA) is 193 Å². The second kappa shape index (κ2) is 20.2. The first-order valence-electron chi connectivity index (χ1n) is 21.1. The van der Waals surface area contributed by atoms with Crippen LogP contribution in [0, 0.1) is 11.8 Å². The Labute approximate surface area is 357 Å². The van der Waals surface area contributed by atoms with E-state index in [1.165, 1.54) is 21.3 Å². The van der Waals surface area contributed by atoms with Gasteiger partial charge in [-0.3, -0.25) is 9.59 Å². The summed E-state index contributed by atoms with van der Waals surface area (Å²) in [5.74, 6) is 0.984. The van der Waals surface area contributed by atoms with E-state index in [1.54, 1.807) is 24.4 Å². The molecule has 0 spiro atoms. The zero-order valence-electron chi connectivity index (χ0n) is 36.4. The van der Waals surface area contributed by atoms with E-state index in [0.717, 1.165) is 46.5 Å². The molecule has 6 rings (SSSR count). The van der Waals surface area contributed by atoms with Crippen molar-refractivity contribution in [1.82, 2.24) is 40.4 Å². The Hall–Kier alpha value is -5.74. The van der Waals surface area contributed by atoms with Crippen molar-refractivity contribution in [2.75, 3.05) is 41.6 Å². The van der Waals surface area contributed by atoms with Crippen LogP contribution in [0.2, 0.25) is 0 Å². The predicted octanol–water partition coefficient (Wildman–Crippen LogP) is 6.64. The van der Waals surface area contributed by atoms with Crippen molar-refractivity contribution in [2.45, 2.75) is 96.1 Å². The summed E-state index contributed by atoms with van der Waals surface area (Å²) in [6, 6.07) is 14.1. The largest absolute Gasteiger partial charge is 0.453 e. The lowest BCUT2D eigenvalue weighted by molar-refractivity contribution is -0.140. The molecule has 4 N–H and O–H groups in total. The lowest BCUT2D eigenvalue weighted by atomic mass is 9.97. The number of carbonyl (C=O) groups excluding carboxylic acids is 4. The van der Waals surface area contributed by atoms with E-state index in [0.29, 0.717) is 44.1 Å². The first-order chi connectivity index (χ1) is 29.4. The molecule has 2 fully saturated rings. The SMILES string of the molecule is CC[C@H](C)[C@H](NC(=O)OC)C(=O)N1C[C@@H](COC)C[C@H]1c1ncc(-c2ccc(-c3ccc(-c4cnc([C@@H]5CC[C@H](C)N5C(=O)[C@@H](NC(=O)OC)[C@@H](CC)OC)[nH]4)cc3)cc2)[nH]1. The molecule has 61 heavy (non-hydrogen) atoms. The van der Waals surface area contributed by atoms with Gasteiger partial charge in [0.05, 0.1) is 62.8 Å². The van der Waals surface area contributed by atoms with Gasteiger partial charge in [0, 0.05) is 32.7 Å². The summed E-state index contributed by atoms with van der Waals surface area (Å²) in [7, 11) is 5.75. The third-order valence-corrected chi connectivity index (χ3v) is 12.3. The zero-order chi connectivity index (χ0) is 43.8. The van der Waals surface area contributed by atoms with Crippen molar-refractivity contribution in [3.05, 3.63) is 72.6 Å². The summed E-state index contributed by atoms with van der Waals surface area (Å²) < 4.78 is 20.7. The van der Waals surface area contributed by atoms with E-state index in [-0.39, 0.29) is 41.8 Å². The van der Waals surface area contributed by atoms with Gasteiger partial charge in [-0.1, -0.05) is 75.7 Å². The molecule has 4 amide bonds. The maximum Gasteiger partial charge on any atom is 0.407 e. The lowest BCUT2D eigenvalue weighted by Gasteiger charge is -2.34. The number of aromatic nitrogens is 4. The fraction of sp³-hybridized carbons (Fsp3) is 0.511. The first-order valence-corrected chi connectivity index (χ1v) is 21.1. The van der Waals surface area contributed by atoms with Crippen LogP contribution in [0.15, 0.2) is 60.9 Å². The number of benzene rings is 2. The standard InChI is InChI=1S/C45H60N8O8/c1-9-26(3)38(50-44(56)60-7)42(54)52-24-28(25-58-5)21-36(52)41-47-23-34(49-41)32-18-14-30(15-19-32)29-12-16-31(17-13-29)33-22-46-40(48-33)35-20-11-27(4)53(35)43(55)39(37(10-2)59-6)51-45(57)61-8/h12-19,22-23,26-28,35-39H,9-11,20-21,24-25H2,1-8H3,(H,46,48)(H,47,49)(H,50,56)(H,51,57)/t26-,27-,28-,35-,36-,37+,38-,39-/m0/s1. The number of ether oxygens (including phenoxy) is 4. The maximum atomic E-state index is 14.0. The fourth-order valence-electron chi connectivity index (χ4n) is 8.64. The minimum absolute atomic E-state index is 0.0591. The predicted molar refractivity (Wildman–Crippen MR) is 229 cm³/mol. The Kier molecular flexibility index (Phi) is 14.8. The highest BCUT2D eigenvalue weighted by molar-refractivity contribution is 5.87. The van der Waals surface area contributed by atoms with Crippen LogP contribution in [0.25, 0.3) is 33.6 Å². The number of alkyl carbamates (subject to hydrolysis) is 2. The zero-order valence-corrected chi connectivity index (χ0v) is 36.4. The van der Waals surface area contributed by atoms with Crippen molar-refractivity contribution < 1.29 is 38.1 Å². The van der Waals surface area contributed by atoms with Crippen molar-refractivity contribution in [1.29, 1.82) is 0 Å². The monoisotopic (exact) mass is 840 g/mol. The van der Waals surface area contributed by atoms with E-state index in [9.17, 15) is 19.2 Å². The van der Waals surface area contributed by atoms with E-state index in [2.05, 4.69) is 44.9 Å². The average Bonchev–Trinajstić information content (AvgIpc) is 4.12. The number of hydrogen-bond acceptors (Lipinski definition) is 10. The van der Waals surface area contributed by atoms with Gasteiger partial charge in [-0.25, -0.2) is 19.6 Å². The van der Waals surface area contributed by atoms with Crippen LogP contribution < -0.4 is 10.6 Å². The van der Waals surface area contributed by atoms with Crippen LogP contribution in [-0.4, -0.2) is 120 Å². The quantitative estimate of drug-likeness (QED) is 0.0951. The van der Waals surface area contributed by atoms with E-state index < -0.39 is 30.4 Å². The molecule has 328 valence electrons. The fourth-order valence-corrected chi connectivity index (χ4v) is 8.64. The van der Waals surface area contributed by atoms with Gasteiger partial charge in [-0.2, -0.15) is 0 Å². The molecule has 2 aromatic heterocycles. The van der Waals surface area contributed by atoms with Crippen LogP contribution in [0.3, 0.4) is 0 Å². The summed E-state index contributed by atoms with van der Waals surface area (Å²) in [6.07, 6.45) is 5.17. The van der Waals surface area contributed by atoms with Gasteiger partial charge >= 0.3 is 12.2 Å². The molecule has 0 radical (unpaired) electrons. The van der Waals surface area contributed by atoms with Gasteiger partial charge in [-0.05, 0) is 60.8 Å². The molecule has 0 unspecified atom stereocenters. The number of hydrogen-bond donors (Lipinski definition) is 4. The molecule has 2 saturated heterocycles. The van der Waals surface area contributed by atoms with Crippen molar-refractivity contribution in [3.8, 4) is 33.6 Å². The molecule has 0 bridgehead atoms. The molecule has 2 aliphatic rings. The molecule has 4 heterocycles. The van der Waals surface area contributed by atoms with Gasteiger partial charge in [-0.15, -0.1) is 0 Å². The number of aromatic amines is 2. The van der Waals surface area contributed by atoms with E-state index >= 15 is 0 Å². The molecule has 2 aromatic carbocycles. The average molecular weight is 841 g/mol. The molecule has 0 aliphatic carbocycles. The van der Waals surface area contributed by atoms with Crippen LogP contribution >= 0.6 is 0 Å². The molecule has 0 saturated carbocycles. The van der Waals surface area contributed by atoms with Crippen molar-refractivity contribution >= 4 is 24.0 Å². The number of likely N-dealkylation sites (tertiary alicyclic amines) is 2. The number of carbonyl (C=O) groups is 4. The Morgan fingerprint density at radius 2 is 1.26 bits per heavy atom. The summed E-state index contributed by atoms with van der Waals surface area (Å²) >= 11 is 0. The van der Waals surface area contributed by atoms with Gasteiger partial charge in [0.25, 0.3) is 0 Å². The van der Waals surface area contributed by atoms with Crippen LogP contribution in [-0.2, 0) is 28.5 Å². The highest BCUT2D eigenvalue weighted by atomic mass is 16.5. The third kappa shape index (κ3) is 9.91. The number of rotatable bonds is 16. The highest BCUT2D eigenvalue weighted by Crippen LogP contribution is 2.38. The second-order valence-corrected chi connectivity index (χ2v) is 16.1. The summed E-state index contributed by atoms with van der Waals surface area (Å²) in [5, 5.41) is 5.45. The number of imidazole rings is 2. The summed E-state index contributed by atoms with van der Waals surface area (Å²) in [4.78, 5) is 72.5. The van der Waals surface area contributed by atoms with Crippen molar-refractivity contribution in [3.63, 3.8) is 0 Å². The molecule has 4 aromatic rings. The van der Waals surface area contributed by atoms with Crippen LogP contribution in [0.1, 0.15) is 83.5 Å². The first kappa shape index (κ1) is 44.8. The maximum absolute atomic E-state index is 14.0. The summed E-state index contributed by atoms with van der Waals surface area (Å²) in [6.45, 7) is 8.85. The number of methoxy groups -OCH3 is 4. The molecule has 2 aliphatic heterocycles. The third-order valence-electron chi connectivity index (χ3n) is 12.3. The second-order valence-electron chi connectivity index (χ2n) is 16.1. The Bertz CT molecular complexity index is 2100.